The van der Waals surface area contributed by atoms with Gasteiger partial charge in [-0.15, -0.1) is 0 Å². The number of benzene rings is 1. The van der Waals surface area contributed by atoms with Gasteiger partial charge in [0.25, 0.3) is 5.24 Å². The summed E-state index contributed by atoms with van der Waals surface area (Å²) in [4.78, 5) is 25.2. The van der Waals surface area contributed by atoms with E-state index in [4.69, 9.17) is 9.47 Å². The van der Waals surface area contributed by atoms with Crippen LogP contribution in [0.5, 0.6) is 11.5 Å². The van der Waals surface area contributed by atoms with Crippen LogP contribution in [0.4, 0.5) is 4.79 Å². The van der Waals surface area contributed by atoms with Gasteiger partial charge in [0.05, 0.1) is 23.9 Å². The molecule has 0 aliphatic carbocycles. The van der Waals surface area contributed by atoms with Crippen molar-refractivity contribution in [3.8, 4) is 11.5 Å². The van der Waals surface area contributed by atoms with Crippen molar-refractivity contribution in [2.24, 2.45) is 0 Å². The van der Waals surface area contributed by atoms with Crippen molar-refractivity contribution in [3.05, 3.63) is 22.2 Å². The second-order valence-corrected chi connectivity index (χ2v) is 6.47. The van der Waals surface area contributed by atoms with Gasteiger partial charge >= 0.3 is 0 Å². The zero-order valence-electron chi connectivity index (χ0n) is 12.0. The number of amides is 2. The topological polar surface area (TPSA) is 55.8 Å². The number of carbonyl (C=O) groups is 2. The van der Waals surface area contributed by atoms with Crippen molar-refractivity contribution in [2.75, 3.05) is 20.8 Å². The lowest BCUT2D eigenvalue weighted by molar-refractivity contribution is -0.126. The van der Waals surface area contributed by atoms with Gasteiger partial charge < -0.3 is 9.47 Å². The molecule has 1 aromatic carbocycles. The van der Waals surface area contributed by atoms with Crippen molar-refractivity contribution in [2.45, 2.75) is 18.6 Å². The summed E-state index contributed by atoms with van der Waals surface area (Å²) in [5.74, 6) is 1.17. The van der Waals surface area contributed by atoms with Gasteiger partial charge in [-0.3, -0.25) is 14.5 Å². The molecule has 2 rings (SSSR count). The van der Waals surface area contributed by atoms with Crippen molar-refractivity contribution < 1.29 is 19.1 Å². The molecule has 0 radical (unpaired) electrons. The Morgan fingerprint density at radius 3 is 2.43 bits per heavy atom. The van der Waals surface area contributed by atoms with E-state index in [1.165, 1.54) is 4.90 Å². The molecule has 0 spiro atoms. The van der Waals surface area contributed by atoms with Crippen LogP contribution in [-0.4, -0.2) is 42.1 Å². The fourth-order valence-corrected chi connectivity index (χ4v) is 3.83. The van der Waals surface area contributed by atoms with Gasteiger partial charge in [-0.25, -0.2) is 0 Å². The van der Waals surface area contributed by atoms with E-state index in [2.05, 4.69) is 15.9 Å². The minimum absolute atomic E-state index is 0.138. The molecule has 21 heavy (non-hydrogen) atoms. The van der Waals surface area contributed by atoms with Crippen LogP contribution in [0, 0.1) is 0 Å². The number of ether oxygens (including phenoxy) is 2. The van der Waals surface area contributed by atoms with Gasteiger partial charge in [-0.2, -0.15) is 0 Å². The molecule has 114 valence electrons. The number of hydrogen-bond acceptors (Lipinski definition) is 5. The molecule has 0 N–H and O–H groups in total. The van der Waals surface area contributed by atoms with Gasteiger partial charge in [0.15, 0.2) is 0 Å². The molecule has 0 aromatic heterocycles. The number of halogens is 1. The zero-order valence-corrected chi connectivity index (χ0v) is 14.4. The summed E-state index contributed by atoms with van der Waals surface area (Å²) in [5, 5.41) is -0.578. The Balaban J connectivity index is 2.26. The number of carbonyl (C=O) groups excluding carboxylic acids is 2. The average molecular weight is 374 g/mol. The van der Waals surface area contributed by atoms with Crippen LogP contribution in [0.2, 0.25) is 0 Å². The van der Waals surface area contributed by atoms with Crippen LogP contribution in [-0.2, 0) is 11.2 Å². The lowest BCUT2D eigenvalue weighted by Gasteiger charge is -2.14. The Labute approximate surface area is 136 Å². The minimum Gasteiger partial charge on any atom is -0.496 e. The molecule has 7 heteroatoms. The molecule has 1 saturated heterocycles. The van der Waals surface area contributed by atoms with Crippen LogP contribution >= 0.6 is 27.7 Å². The minimum atomic E-state index is -0.397. The van der Waals surface area contributed by atoms with E-state index in [1.807, 2.05) is 6.07 Å². The normalized spacial score (nSPS) is 18.3. The van der Waals surface area contributed by atoms with Crippen LogP contribution < -0.4 is 9.47 Å². The smallest absolute Gasteiger partial charge is 0.289 e. The lowest BCUT2D eigenvalue weighted by Crippen LogP contribution is -2.31. The Morgan fingerprint density at radius 1 is 1.24 bits per heavy atom. The second kappa shape index (κ2) is 6.70. The molecule has 5 nitrogen and oxygen atoms in total. The zero-order chi connectivity index (χ0) is 15.6. The quantitative estimate of drug-likeness (QED) is 0.793. The van der Waals surface area contributed by atoms with E-state index in [1.54, 1.807) is 27.2 Å². The van der Waals surface area contributed by atoms with E-state index in [-0.39, 0.29) is 11.1 Å². The molecule has 2 amide bonds. The molecule has 1 aliphatic rings. The maximum atomic E-state index is 12.2. The second-order valence-electron chi connectivity index (χ2n) is 4.46. The largest absolute Gasteiger partial charge is 0.496 e. The van der Waals surface area contributed by atoms with Crippen LogP contribution in [0.1, 0.15) is 12.5 Å². The van der Waals surface area contributed by atoms with Crippen LogP contribution in [0.3, 0.4) is 0 Å². The standard InChI is InChI=1S/C14H16BrNO4S/c1-4-16-13(17)12(21-14(16)18)6-8-5-9(15)11(20-3)7-10(8)19-2/h5,7,12H,4,6H2,1-3H3/t12-/m0/s1. The maximum Gasteiger partial charge on any atom is 0.289 e. The van der Waals surface area contributed by atoms with Crippen LogP contribution in [0.15, 0.2) is 16.6 Å². The van der Waals surface area contributed by atoms with E-state index in [9.17, 15) is 9.59 Å². The third kappa shape index (κ3) is 3.18. The van der Waals surface area contributed by atoms with Crippen LogP contribution in [0.25, 0.3) is 0 Å². The highest BCUT2D eigenvalue weighted by Gasteiger charge is 2.38. The Morgan fingerprint density at radius 2 is 1.90 bits per heavy atom. The number of rotatable bonds is 5. The molecule has 0 saturated carbocycles. The summed E-state index contributed by atoms with van der Waals surface area (Å²) in [6, 6.07) is 3.63. The van der Waals surface area contributed by atoms with Crippen molar-refractivity contribution >= 4 is 38.8 Å². The van der Waals surface area contributed by atoms with Gasteiger partial charge in [0.2, 0.25) is 5.91 Å². The molecule has 1 aliphatic heterocycles. The Kier molecular flexibility index (Phi) is 5.16. The third-order valence-corrected chi connectivity index (χ3v) is 4.98. The molecule has 0 bridgehead atoms. The number of methoxy groups -OCH3 is 2. The highest BCUT2D eigenvalue weighted by molar-refractivity contribution is 9.10. The molecular weight excluding hydrogens is 358 g/mol. The van der Waals surface area contributed by atoms with Crippen molar-refractivity contribution in [1.29, 1.82) is 0 Å². The molecule has 1 fully saturated rings. The highest BCUT2D eigenvalue weighted by atomic mass is 79.9. The third-order valence-electron chi connectivity index (χ3n) is 3.28. The number of hydrogen-bond donors (Lipinski definition) is 0. The number of thioether (sulfide) groups is 1. The number of nitrogens with zero attached hydrogens (tertiary/aromatic N) is 1. The molecule has 1 aromatic rings. The average Bonchev–Trinajstić information content (AvgIpc) is 2.73. The summed E-state index contributed by atoms with van der Waals surface area (Å²) < 4.78 is 11.4. The summed E-state index contributed by atoms with van der Waals surface area (Å²) in [5.41, 5.74) is 0.863. The summed E-state index contributed by atoms with van der Waals surface area (Å²) in [6.07, 6.45) is 0.442. The monoisotopic (exact) mass is 373 g/mol. The first-order valence-corrected chi connectivity index (χ1v) is 8.11. The first kappa shape index (κ1) is 16.2. The fourth-order valence-electron chi connectivity index (χ4n) is 2.20. The first-order valence-electron chi connectivity index (χ1n) is 6.44. The van der Waals surface area contributed by atoms with Gasteiger partial charge in [-0.05, 0) is 40.9 Å². The molecular formula is C14H16BrNO4S. The predicted molar refractivity (Wildman–Crippen MR) is 85.1 cm³/mol. The predicted octanol–water partition coefficient (Wildman–Crippen LogP) is 3.09. The van der Waals surface area contributed by atoms with Gasteiger partial charge in [0, 0.05) is 12.6 Å². The summed E-state index contributed by atoms with van der Waals surface area (Å²) >= 11 is 4.49. The van der Waals surface area contributed by atoms with E-state index >= 15 is 0 Å². The van der Waals surface area contributed by atoms with Gasteiger partial charge in [0.1, 0.15) is 11.5 Å². The Bertz CT molecular complexity index is 578. The Hall–Kier alpha value is -1.21. The molecule has 1 heterocycles. The van der Waals surface area contributed by atoms with E-state index < -0.39 is 5.25 Å². The van der Waals surface area contributed by atoms with Crippen molar-refractivity contribution in [3.63, 3.8) is 0 Å². The first-order chi connectivity index (χ1) is 10.0. The number of imide groups is 1. The fraction of sp³-hybridized carbons (Fsp3) is 0.429. The van der Waals surface area contributed by atoms with Gasteiger partial charge in [-0.1, -0.05) is 11.8 Å². The molecule has 0 unspecified atom stereocenters. The maximum absolute atomic E-state index is 12.2. The van der Waals surface area contributed by atoms with E-state index in [0.29, 0.717) is 24.5 Å². The molecule has 1 atom stereocenters. The summed E-state index contributed by atoms with van der Waals surface area (Å²) in [7, 11) is 3.15. The van der Waals surface area contributed by atoms with Crippen molar-refractivity contribution in [1.82, 2.24) is 4.90 Å². The SMILES string of the molecule is CCN1C(=O)S[C@@H](Cc2cc(Br)c(OC)cc2OC)C1=O. The lowest BCUT2D eigenvalue weighted by atomic mass is 10.1. The highest BCUT2D eigenvalue weighted by Crippen LogP contribution is 2.36. The van der Waals surface area contributed by atoms with E-state index in [0.717, 1.165) is 21.8 Å². The summed E-state index contributed by atoms with van der Waals surface area (Å²) in [6.45, 7) is 2.20.